The van der Waals surface area contributed by atoms with Crippen LogP contribution in [-0.4, -0.2) is 58.7 Å². The lowest BCUT2D eigenvalue weighted by Gasteiger charge is -2.40. The third-order valence-corrected chi connectivity index (χ3v) is 9.27. The lowest BCUT2D eigenvalue weighted by molar-refractivity contribution is -0.106. The smallest absolute Gasteiger partial charge is 0.131 e. The molecule has 7 nitrogen and oxygen atoms in total. The van der Waals surface area contributed by atoms with Gasteiger partial charge in [0.1, 0.15) is 5.82 Å². The quantitative estimate of drug-likeness (QED) is 0.528. The van der Waals surface area contributed by atoms with Gasteiger partial charge in [-0.1, -0.05) is 29.8 Å². The Kier molecular flexibility index (Phi) is 4.87. The fourth-order valence-corrected chi connectivity index (χ4v) is 6.90. The van der Waals surface area contributed by atoms with Gasteiger partial charge < -0.3 is 20.3 Å². The summed E-state index contributed by atoms with van der Waals surface area (Å²) in [6.07, 6.45) is 0. The predicted molar refractivity (Wildman–Crippen MR) is 133 cm³/mol. The molecule has 174 valence electrons. The van der Waals surface area contributed by atoms with E-state index in [0.717, 1.165) is 54.3 Å². The summed E-state index contributed by atoms with van der Waals surface area (Å²) in [5.41, 5.74) is 10.8. The van der Waals surface area contributed by atoms with Crippen LogP contribution in [0, 0.1) is 12.3 Å². The van der Waals surface area contributed by atoms with Crippen LogP contribution in [0.3, 0.4) is 0 Å². The molecule has 1 unspecified atom stereocenters. The summed E-state index contributed by atoms with van der Waals surface area (Å²) in [7, 11) is -2.82. The van der Waals surface area contributed by atoms with Gasteiger partial charge in [0.05, 0.1) is 34.8 Å². The van der Waals surface area contributed by atoms with Crippen molar-refractivity contribution in [3.05, 3.63) is 59.7 Å². The Hall–Kier alpha value is -2.36. The van der Waals surface area contributed by atoms with Gasteiger partial charge in [-0.25, -0.2) is 4.98 Å². The largest absolute Gasteiger partial charge is 0.380 e. The van der Waals surface area contributed by atoms with Gasteiger partial charge in [-0.3, -0.25) is 9.11 Å². The Morgan fingerprint density at radius 3 is 2.70 bits per heavy atom. The van der Waals surface area contributed by atoms with Crippen LogP contribution in [0.1, 0.15) is 11.1 Å². The Morgan fingerprint density at radius 1 is 1.12 bits per heavy atom. The Labute approximate surface area is 195 Å². The second-order valence-electron chi connectivity index (χ2n) is 9.76. The van der Waals surface area contributed by atoms with Crippen LogP contribution in [0.15, 0.2) is 53.4 Å². The highest BCUT2D eigenvalue weighted by molar-refractivity contribution is 8.24. The fraction of sp³-hybridized carbons (Fsp3) is 0.400. The summed E-state index contributed by atoms with van der Waals surface area (Å²) in [5, 5.41) is 1.13. The summed E-state index contributed by atoms with van der Waals surface area (Å²) in [4.78, 5) is 10.2. The van der Waals surface area contributed by atoms with E-state index < -0.39 is 10.6 Å². The summed E-state index contributed by atoms with van der Waals surface area (Å²) in [6.45, 7) is 6.33. The minimum absolute atomic E-state index is 0.0395. The number of hydrogen-bond donors (Lipinski definition) is 3. The molecule has 1 aromatic heterocycles. The molecule has 3 aliphatic heterocycles. The molecule has 3 aliphatic rings. The van der Waals surface area contributed by atoms with Crippen molar-refractivity contribution in [3.63, 3.8) is 0 Å². The molecule has 2 aromatic carbocycles. The maximum atomic E-state index is 10.8. The fourth-order valence-electron chi connectivity index (χ4n) is 5.36. The number of hydrogen-bond acceptors (Lipinski definition) is 7. The maximum Gasteiger partial charge on any atom is 0.131 e. The molecule has 2 saturated heterocycles. The number of pyridine rings is 1. The minimum Gasteiger partial charge on any atom is -0.380 e. The molecule has 2 fully saturated rings. The topological polar surface area (TPSA) is 95.1 Å². The molecule has 1 atom stereocenters. The van der Waals surface area contributed by atoms with Crippen molar-refractivity contribution in [2.24, 2.45) is 11.1 Å². The molecule has 1 spiro atoms. The van der Waals surface area contributed by atoms with Crippen molar-refractivity contribution in [3.8, 4) is 0 Å². The van der Waals surface area contributed by atoms with E-state index in [2.05, 4.69) is 41.0 Å². The van der Waals surface area contributed by atoms with Gasteiger partial charge in [-0.2, -0.15) is 10.6 Å². The van der Waals surface area contributed by atoms with E-state index in [0.29, 0.717) is 23.7 Å². The number of nitrogens with zero attached hydrogens (tertiary/aromatic N) is 3. The molecule has 0 aliphatic carbocycles. The first-order valence-electron chi connectivity index (χ1n) is 11.4. The highest BCUT2D eigenvalue weighted by Crippen LogP contribution is 2.51. The summed E-state index contributed by atoms with van der Waals surface area (Å²) >= 11 is 0. The summed E-state index contributed by atoms with van der Waals surface area (Å²) in [6, 6.07) is 16.2. The van der Waals surface area contributed by atoms with E-state index in [4.69, 9.17) is 15.5 Å². The lowest BCUT2D eigenvalue weighted by atomic mass is 9.82. The zero-order valence-electron chi connectivity index (χ0n) is 18.8. The SMILES string of the molecule is Cc1ccc2nc(N3CCS(O)(O)c4ccccc4C3)cc(N3CC(N)C4(COC4)C3)c2c1. The molecule has 6 rings (SSSR count). The van der Waals surface area contributed by atoms with Crippen molar-refractivity contribution in [2.75, 3.05) is 48.4 Å². The molecule has 4 N–H and O–H groups in total. The van der Waals surface area contributed by atoms with Crippen LogP contribution in [0.5, 0.6) is 0 Å². The molecular formula is C25H30N4O3S. The van der Waals surface area contributed by atoms with Gasteiger partial charge in [0.15, 0.2) is 0 Å². The molecule has 0 amide bonds. The van der Waals surface area contributed by atoms with Crippen LogP contribution < -0.4 is 15.5 Å². The van der Waals surface area contributed by atoms with Crippen molar-refractivity contribution in [1.82, 2.24) is 4.98 Å². The van der Waals surface area contributed by atoms with Gasteiger partial charge in [0.25, 0.3) is 0 Å². The van der Waals surface area contributed by atoms with Crippen molar-refractivity contribution < 1.29 is 13.8 Å². The van der Waals surface area contributed by atoms with Crippen molar-refractivity contribution in [1.29, 1.82) is 0 Å². The predicted octanol–water partition coefficient (Wildman–Crippen LogP) is 3.84. The zero-order valence-corrected chi connectivity index (χ0v) is 19.6. The third kappa shape index (κ3) is 3.48. The Bertz CT molecular complexity index is 1230. The number of aromatic nitrogens is 1. The Balaban J connectivity index is 1.43. The molecule has 0 radical (unpaired) electrons. The van der Waals surface area contributed by atoms with Crippen LogP contribution in [0.2, 0.25) is 0 Å². The third-order valence-electron chi connectivity index (χ3n) is 7.41. The monoisotopic (exact) mass is 466 g/mol. The van der Waals surface area contributed by atoms with Crippen LogP contribution >= 0.6 is 10.6 Å². The molecular weight excluding hydrogens is 436 g/mol. The normalized spacial score (nSPS) is 24.4. The number of rotatable bonds is 2. The van der Waals surface area contributed by atoms with E-state index >= 15 is 0 Å². The molecule has 0 saturated carbocycles. The van der Waals surface area contributed by atoms with Crippen LogP contribution in [0.25, 0.3) is 10.9 Å². The van der Waals surface area contributed by atoms with Gasteiger partial charge in [-0.05, 0) is 30.7 Å². The number of benzene rings is 2. The first-order chi connectivity index (χ1) is 15.8. The second kappa shape index (κ2) is 7.58. The number of nitrogens with two attached hydrogens (primary N) is 1. The average molecular weight is 467 g/mol. The van der Waals surface area contributed by atoms with E-state index in [1.54, 1.807) is 0 Å². The van der Waals surface area contributed by atoms with Crippen molar-refractivity contribution >= 4 is 33.0 Å². The number of fused-ring (bicyclic) bond motifs is 2. The van der Waals surface area contributed by atoms with E-state index in [1.807, 2.05) is 24.3 Å². The molecule has 33 heavy (non-hydrogen) atoms. The number of aryl methyl sites for hydroxylation is 1. The maximum absolute atomic E-state index is 10.8. The minimum atomic E-state index is -2.82. The first kappa shape index (κ1) is 21.2. The molecule has 8 heteroatoms. The zero-order chi connectivity index (χ0) is 22.8. The second-order valence-corrected chi connectivity index (χ2v) is 11.9. The Morgan fingerprint density at radius 2 is 1.94 bits per heavy atom. The van der Waals surface area contributed by atoms with E-state index in [-0.39, 0.29) is 11.5 Å². The van der Waals surface area contributed by atoms with Crippen molar-refractivity contribution in [2.45, 2.75) is 24.4 Å². The van der Waals surface area contributed by atoms with E-state index in [1.165, 1.54) is 5.56 Å². The number of ether oxygens (including phenoxy) is 1. The van der Waals surface area contributed by atoms with Gasteiger partial charge in [-0.15, -0.1) is 0 Å². The van der Waals surface area contributed by atoms with Gasteiger partial charge in [0.2, 0.25) is 0 Å². The molecule has 0 bridgehead atoms. The highest BCUT2D eigenvalue weighted by atomic mass is 32.3. The highest BCUT2D eigenvalue weighted by Gasteiger charge is 2.50. The summed E-state index contributed by atoms with van der Waals surface area (Å²) < 4.78 is 27.1. The van der Waals surface area contributed by atoms with Gasteiger partial charge in [0, 0.05) is 49.4 Å². The first-order valence-corrected chi connectivity index (χ1v) is 13.1. The average Bonchev–Trinajstić information content (AvgIpc) is 3.07. The molecule has 4 heterocycles. The number of anilines is 2. The van der Waals surface area contributed by atoms with E-state index in [9.17, 15) is 9.11 Å². The summed E-state index contributed by atoms with van der Waals surface area (Å²) in [5.74, 6) is 1.15. The van der Waals surface area contributed by atoms with Crippen LogP contribution in [0.4, 0.5) is 11.5 Å². The standard InChI is InChI=1S/C25H30N4O3S/c1-17-6-7-20-19(10-17)21(29-13-23(26)25(14-29)15-32-16-25)11-24(27-20)28-8-9-33(30,31)22-5-3-2-4-18(22)12-28/h2-7,10-11,23,30-31H,8-9,12-16,26H2,1H3. The van der Waals surface area contributed by atoms with Gasteiger partial charge >= 0.3 is 0 Å². The lowest BCUT2D eigenvalue weighted by Crippen LogP contribution is -2.54. The van der Waals surface area contributed by atoms with Crippen LogP contribution in [-0.2, 0) is 11.3 Å². The molecule has 3 aromatic rings.